The fraction of sp³-hybridized carbons (Fsp3) is 0.360. The number of carbonyl (C=O) groups is 1. The smallest absolute Gasteiger partial charge is 0.212 e. The van der Waals surface area contributed by atoms with Gasteiger partial charge in [-0.05, 0) is 44.5 Å². The van der Waals surface area contributed by atoms with Crippen LogP contribution in [0.1, 0.15) is 52.8 Å². The number of unbranched alkanes of at least 4 members (excludes halogenated alkanes) is 1. The summed E-state index contributed by atoms with van der Waals surface area (Å²) in [4.78, 5) is 13.9. The molecule has 0 aliphatic heterocycles. The van der Waals surface area contributed by atoms with Crippen molar-refractivity contribution in [1.29, 1.82) is 0 Å². The molecule has 0 saturated heterocycles. The Morgan fingerprint density at radius 3 is 2.41 bits per heavy atom. The molecule has 3 rings (SSSR count). The van der Waals surface area contributed by atoms with Gasteiger partial charge in [-0.25, -0.2) is 0 Å². The lowest BCUT2D eigenvalue weighted by Crippen LogP contribution is -2.32. The van der Waals surface area contributed by atoms with Crippen LogP contribution in [0.5, 0.6) is 0 Å². The van der Waals surface area contributed by atoms with E-state index in [1.54, 1.807) is 0 Å². The molecule has 0 aliphatic carbocycles. The van der Waals surface area contributed by atoms with E-state index in [2.05, 4.69) is 91.5 Å². The Morgan fingerprint density at radius 1 is 1.03 bits per heavy atom. The van der Waals surface area contributed by atoms with Crippen LogP contribution >= 0.6 is 0 Å². The molecule has 0 fully saturated rings. The molecule has 152 valence electrons. The molecule has 0 atom stereocenters. The first-order chi connectivity index (χ1) is 13.9. The Labute approximate surface area is 174 Å². The third kappa shape index (κ3) is 3.98. The molecule has 0 amide bonds. The number of fused-ring (bicyclic) bond motifs is 1. The van der Waals surface area contributed by atoms with Crippen LogP contribution in [0.4, 0.5) is 5.69 Å². The minimum Gasteiger partial charge on any atom is -0.378 e. The van der Waals surface area contributed by atoms with E-state index in [1.165, 1.54) is 16.6 Å². The number of aryl methyl sites for hydroxylation is 1. The molecule has 0 unspecified atom stereocenters. The van der Waals surface area contributed by atoms with Crippen LogP contribution in [0.25, 0.3) is 23.1 Å². The predicted octanol–water partition coefficient (Wildman–Crippen LogP) is 4.93. The molecule has 3 aromatic rings. The highest BCUT2D eigenvalue weighted by Gasteiger charge is 2.16. The fourth-order valence-electron chi connectivity index (χ4n) is 3.96. The molecular weight excluding hydrogens is 358 g/mol. The van der Waals surface area contributed by atoms with Crippen molar-refractivity contribution in [3.8, 4) is 0 Å². The second-order valence-electron chi connectivity index (χ2n) is 7.91. The Morgan fingerprint density at radius 2 is 1.76 bits per heavy atom. The third-order valence-electron chi connectivity index (χ3n) is 5.86. The van der Waals surface area contributed by atoms with E-state index in [1.807, 2.05) is 6.92 Å². The minimum absolute atomic E-state index is 0.800. The monoisotopic (exact) mass is 390 g/mol. The number of aromatic nitrogens is 2. The standard InChI is InChI=1S/C25H32N3O/c1-7-8-15-28-18(2)23(24(17-29)19(28)3)13-11-21-10-9-20-16-22(26(4)5)12-14-25(20)27(21)6/h9-14,16-17H,7-8,15H2,1-6H3/q+1. The van der Waals surface area contributed by atoms with Gasteiger partial charge in [-0.2, -0.15) is 4.57 Å². The SMILES string of the molecule is CCCCn1c(C)c(C=O)c(C=Cc2ccc3cc(N(C)C)ccc3[n+]2C)c1C. The van der Waals surface area contributed by atoms with E-state index in [9.17, 15) is 4.79 Å². The number of rotatable bonds is 7. The number of carbonyl (C=O) groups excluding carboxylic acids is 1. The number of pyridine rings is 1. The molecule has 4 heteroatoms. The van der Waals surface area contributed by atoms with Crippen molar-refractivity contribution in [3.63, 3.8) is 0 Å². The van der Waals surface area contributed by atoms with Crippen LogP contribution in [0.15, 0.2) is 30.3 Å². The van der Waals surface area contributed by atoms with Crippen molar-refractivity contribution >= 4 is 35.0 Å². The van der Waals surface area contributed by atoms with Gasteiger partial charge in [-0.3, -0.25) is 4.79 Å². The summed E-state index contributed by atoms with van der Waals surface area (Å²) < 4.78 is 4.47. The largest absolute Gasteiger partial charge is 0.378 e. The zero-order valence-corrected chi connectivity index (χ0v) is 18.5. The number of nitrogens with zero attached hydrogens (tertiary/aromatic N) is 3. The third-order valence-corrected chi connectivity index (χ3v) is 5.86. The van der Waals surface area contributed by atoms with Crippen LogP contribution in [-0.4, -0.2) is 24.9 Å². The van der Waals surface area contributed by atoms with Gasteiger partial charge in [-0.15, -0.1) is 0 Å². The number of hydrogen-bond acceptors (Lipinski definition) is 2. The van der Waals surface area contributed by atoms with E-state index in [0.717, 1.165) is 53.9 Å². The fourth-order valence-corrected chi connectivity index (χ4v) is 3.96. The van der Waals surface area contributed by atoms with Crippen molar-refractivity contribution in [2.24, 2.45) is 7.05 Å². The average Bonchev–Trinajstić information content (AvgIpc) is 2.94. The molecule has 29 heavy (non-hydrogen) atoms. The molecule has 0 N–H and O–H groups in total. The Bertz CT molecular complexity index is 1070. The van der Waals surface area contributed by atoms with Crippen LogP contribution in [0.3, 0.4) is 0 Å². The molecule has 0 radical (unpaired) electrons. The van der Waals surface area contributed by atoms with Crippen LogP contribution in [0, 0.1) is 13.8 Å². The highest BCUT2D eigenvalue weighted by Crippen LogP contribution is 2.24. The first-order valence-corrected chi connectivity index (χ1v) is 10.3. The minimum atomic E-state index is 0.800. The highest BCUT2D eigenvalue weighted by atomic mass is 16.1. The average molecular weight is 391 g/mol. The summed E-state index contributed by atoms with van der Waals surface area (Å²) in [6, 6.07) is 10.8. The molecule has 1 aromatic carbocycles. The molecule has 4 nitrogen and oxygen atoms in total. The summed E-state index contributed by atoms with van der Waals surface area (Å²) in [6.07, 6.45) is 7.45. The van der Waals surface area contributed by atoms with Crippen molar-refractivity contribution in [2.75, 3.05) is 19.0 Å². The van der Waals surface area contributed by atoms with Gasteiger partial charge in [0.25, 0.3) is 0 Å². The van der Waals surface area contributed by atoms with E-state index in [-0.39, 0.29) is 0 Å². The maximum atomic E-state index is 11.8. The topological polar surface area (TPSA) is 29.1 Å². The molecule has 0 spiro atoms. The molecular formula is C25H32N3O+. The Kier molecular flexibility index (Phi) is 6.21. The zero-order valence-electron chi connectivity index (χ0n) is 18.5. The van der Waals surface area contributed by atoms with Gasteiger partial charge in [0.1, 0.15) is 7.05 Å². The molecule has 0 aliphatic rings. The van der Waals surface area contributed by atoms with Crippen molar-refractivity contribution < 1.29 is 9.36 Å². The van der Waals surface area contributed by atoms with Gasteiger partial charge in [0, 0.05) is 72.4 Å². The van der Waals surface area contributed by atoms with Gasteiger partial charge in [0.05, 0.1) is 0 Å². The normalized spacial score (nSPS) is 11.5. The van der Waals surface area contributed by atoms with Gasteiger partial charge < -0.3 is 9.47 Å². The van der Waals surface area contributed by atoms with Crippen LogP contribution < -0.4 is 9.47 Å². The van der Waals surface area contributed by atoms with Crippen LogP contribution in [-0.2, 0) is 13.6 Å². The van der Waals surface area contributed by atoms with Gasteiger partial charge in [-0.1, -0.05) is 13.3 Å². The summed E-state index contributed by atoms with van der Waals surface area (Å²) in [5.74, 6) is 0. The molecule has 2 aromatic heterocycles. The molecule has 2 heterocycles. The number of benzene rings is 1. The van der Waals surface area contributed by atoms with Crippen molar-refractivity contribution in [3.05, 3.63) is 58.5 Å². The molecule has 0 saturated carbocycles. The summed E-state index contributed by atoms with van der Waals surface area (Å²) >= 11 is 0. The zero-order chi connectivity index (χ0) is 21.1. The van der Waals surface area contributed by atoms with E-state index >= 15 is 0 Å². The first-order valence-electron chi connectivity index (χ1n) is 10.3. The van der Waals surface area contributed by atoms with Crippen LogP contribution in [0.2, 0.25) is 0 Å². The number of aldehydes is 1. The van der Waals surface area contributed by atoms with Gasteiger partial charge in [0.2, 0.25) is 11.2 Å². The van der Waals surface area contributed by atoms with E-state index in [0.29, 0.717) is 0 Å². The van der Waals surface area contributed by atoms with Gasteiger partial charge >= 0.3 is 0 Å². The second-order valence-corrected chi connectivity index (χ2v) is 7.91. The number of anilines is 1. The Balaban J connectivity index is 2.01. The summed E-state index contributed by atoms with van der Waals surface area (Å²) in [5, 5.41) is 1.21. The lowest BCUT2D eigenvalue weighted by molar-refractivity contribution is -0.646. The first kappa shape index (κ1) is 20.8. The Hall–Kier alpha value is -2.88. The molecule has 0 bridgehead atoms. The van der Waals surface area contributed by atoms with Crippen molar-refractivity contribution in [1.82, 2.24) is 4.57 Å². The quantitative estimate of drug-likeness (QED) is 0.423. The lowest BCUT2D eigenvalue weighted by Gasteiger charge is -2.12. The number of hydrogen-bond donors (Lipinski definition) is 0. The van der Waals surface area contributed by atoms with Crippen molar-refractivity contribution in [2.45, 2.75) is 40.2 Å². The lowest BCUT2D eigenvalue weighted by atomic mass is 10.1. The summed E-state index contributed by atoms with van der Waals surface area (Å²) in [5.41, 5.74) is 7.52. The maximum Gasteiger partial charge on any atom is 0.212 e. The summed E-state index contributed by atoms with van der Waals surface area (Å²) in [6.45, 7) is 7.30. The predicted molar refractivity (Wildman–Crippen MR) is 123 cm³/mol. The highest BCUT2D eigenvalue weighted by molar-refractivity contribution is 5.88. The van der Waals surface area contributed by atoms with Gasteiger partial charge in [0.15, 0.2) is 6.29 Å². The second kappa shape index (κ2) is 8.64. The van der Waals surface area contributed by atoms with E-state index in [4.69, 9.17) is 0 Å². The van der Waals surface area contributed by atoms with E-state index < -0.39 is 0 Å². The summed E-state index contributed by atoms with van der Waals surface area (Å²) in [7, 11) is 6.20. The maximum absolute atomic E-state index is 11.8.